The van der Waals surface area contributed by atoms with E-state index in [0.29, 0.717) is 0 Å². The number of rotatable bonds is 2. The molecule has 1 saturated heterocycles. The molecule has 5 heteroatoms. The highest BCUT2D eigenvalue weighted by molar-refractivity contribution is 5.95. The molecule has 1 aromatic carbocycles. The first-order valence-corrected chi connectivity index (χ1v) is 5.30. The summed E-state index contributed by atoms with van der Waals surface area (Å²) >= 11 is 0. The Bertz CT molecular complexity index is 442. The highest BCUT2D eigenvalue weighted by Gasteiger charge is 2.31. The lowest BCUT2D eigenvalue weighted by Gasteiger charge is -2.29. The van der Waals surface area contributed by atoms with Gasteiger partial charge in [0.15, 0.2) is 0 Å². The molecule has 0 radical (unpaired) electrons. The summed E-state index contributed by atoms with van der Waals surface area (Å²) in [7, 11) is 3.20. The van der Waals surface area contributed by atoms with Crippen LogP contribution < -0.4 is 10.1 Å². The zero-order valence-corrected chi connectivity index (χ0v) is 9.77. The molecule has 2 rings (SSSR count). The van der Waals surface area contributed by atoms with Crippen molar-refractivity contribution in [2.75, 3.05) is 20.7 Å². The molecule has 1 aliphatic heterocycles. The Hall–Kier alpha value is -2.04. The molecule has 90 valence electrons. The van der Waals surface area contributed by atoms with Crippen LogP contribution in [0.25, 0.3) is 0 Å². The molecular formula is C12H14N2O3. The van der Waals surface area contributed by atoms with Crippen LogP contribution in [0.4, 0.5) is 0 Å². The summed E-state index contributed by atoms with van der Waals surface area (Å²) in [6, 6.07) is 6.50. The molecule has 0 bridgehead atoms. The molecule has 1 N–H and O–H groups in total. The zero-order valence-electron chi connectivity index (χ0n) is 9.77. The highest BCUT2D eigenvalue weighted by atomic mass is 16.5. The second-order valence-corrected chi connectivity index (χ2v) is 3.97. The number of carbonyl (C=O) groups excluding carboxylic acids is 2. The molecule has 0 saturated carbocycles. The maximum absolute atomic E-state index is 11.9. The van der Waals surface area contributed by atoms with E-state index in [4.69, 9.17) is 4.74 Å². The van der Waals surface area contributed by atoms with E-state index in [1.165, 1.54) is 4.90 Å². The van der Waals surface area contributed by atoms with Crippen molar-refractivity contribution < 1.29 is 14.3 Å². The van der Waals surface area contributed by atoms with E-state index in [2.05, 4.69) is 5.32 Å². The first-order chi connectivity index (χ1) is 8.11. The second-order valence-electron chi connectivity index (χ2n) is 3.97. The predicted octanol–water partition coefficient (Wildman–Crippen LogP) is 0.324. The molecule has 1 heterocycles. The van der Waals surface area contributed by atoms with Crippen molar-refractivity contribution in [3.05, 3.63) is 29.8 Å². The maximum Gasteiger partial charge on any atom is 0.250 e. The molecule has 5 nitrogen and oxygen atoms in total. The number of methoxy groups -OCH3 is 1. The number of benzene rings is 1. The molecule has 1 aliphatic rings. The monoisotopic (exact) mass is 234 g/mol. The maximum atomic E-state index is 11.9. The molecule has 1 fully saturated rings. The second kappa shape index (κ2) is 4.45. The number of ether oxygens (including phenoxy) is 1. The molecule has 2 amide bonds. The average Bonchev–Trinajstić information content (AvgIpc) is 2.34. The van der Waals surface area contributed by atoms with Gasteiger partial charge in [-0.3, -0.25) is 9.59 Å². The third-order valence-electron chi connectivity index (χ3n) is 2.76. The molecule has 1 aromatic rings. The molecule has 1 atom stereocenters. The Kier molecular flexibility index (Phi) is 2.99. The van der Waals surface area contributed by atoms with Gasteiger partial charge in [-0.15, -0.1) is 0 Å². The summed E-state index contributed by atoms with van der Waals surface area (Å²) in [5.41, 5.74) is 0.760. The first-order valence-electron chi connectivity index (χ1n) is 5.30. The lowest BCUT2D eigenvalue weighted by atomic mass is 10.0. The van der Waals surface area contributed by atoms with Crippen LogP contribution in [0, 0.1) is 0 Å². The lowest BCUT2D eigenvalue weighted by molar-refractivity contribution is -0.143. The lowest BCUT2D eigenvalue weighted by Crippen LogP contribution is -2.51. The summed E-state index contributed by atoms with van der Waals surface area (Å²) in [6.45, 7) is 0.117. The highest BCUT2D eigenvalue weighted by Crippen LogP contribution is 2.21. The molecule has 17 heavy (non-hydrogen) atoms. The predicted molar refractivity (Wildman–Crippen MR) is 61.5 cm³/mol. The smallest absolute Gasteiger partial charge is 0.250 e. The van der Waals surface area contributed by atoms with Crippen LogP contribution in [-0.4, -0.2) is 37.4 Å². The molecule has 0 aliphatic carbocycles. The topological polar surface area (TPSA) is 58.6 Å². The van der Waals surface area contributed by atoms with E-state index in [0.717, 1.165) is 11.3 Å². The van der Waals surface area contributed by atoms with Crippen molar-refractivity contribution in [2.24, 2.45) is 0 Å². The van der Waals surface area contributed by atoms with Gasteiger partial charge in [0.2, 0.25) is 11.8 Å². The van der Waals surface area contributed by atoms with Gasteiger partial charge in [-0.2, -0.15) is 0 Å². The number of hydrogen-bond acceptors (Lipinski definition) is 3. The molecule has 0 spiro atoms. The SMILES string of the molecule is COc1ccc([C@@H]2NC(=O)CN(C)C2=O)cc1. The van der Waals surface area contributed by atoms with Crippen molar-refractivity contribution in [3.63, 3.8) is 0 Å². The fourth-order valence-electron chi connectivity index (χ4n) is 1.80. The van der Waals surface area contributed by atoms with Crippen molar-refractivity contribution >= 4 is 11.8 Å². The summed E-state index contributed by atoms with van der Waals surface area (Å²) < 4.78 is 5.04. The minimum absolute atomic E-state index is 0.102. The van der Waals surface area contributed by atoms with Crippen LogP contribution in [0.3, 0.4) is 0 Å². The average molecular weight is 234 g/mol. The number of likely N-dealkylation sites (N-methyl/N-ethyl adjacent to an activating group) is 1. The van der Waals surface area contributed by atoms with Gasteiger partial charge in [-0.1, -0.05) is 12.1 Å². The number of nitrogens with one attached hydrogen (secondary N) is 1. The fraction of sp³-hybridized carbons (Fsp3) is 0.333. The minimum Gasteiger partial charge on any atom is -0.497 e. The van der Waals surface area contributed by atoms with Crippen molar-refractivity contribution in [2.45, 2.75) is 6.04 Å². The third-order valence-corrected chi connectivity index (χ3v) is 2.76. The van der Waals surface area contributed by atoms with Gasteiger partial charge in [0.05, 0.1) is 13.7 Å². The Labute approximate surface area is 99.4 Å². The summed E-state index contributed by atoms with van der Waals surface area (Å²) in [4.78, 5) is 24.7. The third kappa shape index (κ3) is 2.22. The number of amides is 2. The summed E-state index contributed by atoms with van der Waals surface area (Å²) in [5.74, 6) is 0.472. The number of hydrogen-bond donors (Lipinski definition) is 1. The summed E-state index contributed by atoms with van der Waals surface area (Å²) in [5, 5.41) is 2.68. The van der Waals surface area contributed by atoms with Crippen molar-refractivity contribution in [1.29, 1.82) is 0 Å². The summed E-state index contributed by atoms with van der Waals surface area (Å²) in [6.07, 6.45) is 0. The quantitative estimate of drug-likeness (QED) is 0.802. The van der Waals surface area contributed by atoms with Crippen LogP contribution in [0.15, 0.2) is 24.3 Å². The molecule has 0 aromatic heterocycles. The standard InChI is InChI=1S/C12H14N2O3/c1-14-7-10(15)13-11(12(14)16)8-3-5-9(17-2)6-4-8/h3-6,11H,7H2,1-2H3,(H,13,15)/t11-/m0/s1. The van der Waals surface area contributed by atoms with Gasteiger partial charge in [-0.05, 0) is 17.7 Å². The largest absolute Gasteiger partial charge is 0.497 e. The van der Waals surface area contributed by atoms with Gasteiger partial charge in [-0.25, -0.2) is 0 Å². The van der Waals surface area contributed by atoms with E-state index >= 15 is 0 Å². The Morgan fingerprint density at radius 3 is 2.53 bits per heavy atom. The van der Waals surface area contributed by atoms with E-state index in [1.54, 1.807) is 38.4 Å². The molecule has 0 unspecified atom stereocenters. The normalized spacial score (nSPS) is 20.1. The van der Waals surface area contributed by atoms with Gasteiger partial charge in [0, 0.05) is 7.05 Å². The first kappa shape index (κ1) is 11.4. The number of nitrogens with zero attached hydrogens (tertiary/aromatic N) is 1. The Balaban J connectivity index is 2.25. The van der Waals surface area contributed by atoms with Crippen molar-refractivity contribution in [3.8, 4) is 5.75 Å². The van der Waals surface area contributed by atoms with Crippen LogP contribution >= 0.6 is 0 Å². The number of carbonyl (C=O) groups is 2. The van der Waals surface area contributed by atoms with E-state index in [9.17, 15) is 9.59 Å². The van der Waals surface area contributed by atoms with Crippen molar-refractivity contribution in [1.82, 2.24) is 10.2 Å². The van der Waals surface area contributed by atoms with Gasteiger partial charge in [0.25, 0.3) is 0 Å². The minimum atomic E-state index is -0.591. The Morgan fingerprint density at radius 1 is 1.29 bits per heavy atom. The van der Waals surface area contributed by atoms with E-state index < -0.39 is 6.04 Å². The van der Waals surface area contributed by atoms with Crippen LogP contribution in [0.1, 0.15) is 11.6 Å². The van der Waals surface area contributed by atoms with Crippen LogP contribution in [0.2, 0.25) is 0 Å². The van der Waals surface area contributed by atoms with E-state index in [1.807, 2.05) is 0 Å². The van der Waals surface area contributed by atoms with Crippen LogP contribution in [-0.2, 0) is 9.59 Å². The number of piperazine rings is 1. The van der Waals surface area contributed by atoms with Gasteiger partial charge < -0.3 is 15.0 Å². The van der Waals surface area contributed by atoms with E-state index in [-0.39, 0.29) is 18.4 Å². The van der Waals surface area contributed by atoms with Crippen LogP contribution in [0.5, 0.6) is 5.75 Å². The van der Waals surface area contributed by atoms with Gasteiger partial charge in [0.1, 0.15) is 11.8 Å². The molecular weight excluding hydrogens is 220 g/mol. The Morgan fingerprint density at radius 2 is 1.94 bits per heavy atom. The zero-order chi connectivity index (χ0) is 12.4. The van der Waals surface area contributed by atoms with Gasteiger partial charge >= 0.3 is 0 Å². The fourth-order valence-corrected chi connectivity index (χ4v) is 1.80.